The Morgan fingerprint density at radius 3 is 2.57 bits per heavy atom. The van der Waals surface area contributed by atoms with E-state index in [-0.39, 0.29) is 6.42 Å². The molecule has 104 valence electrons. The minimum Gasteiger partial charge on any atom is -0.369 e. The van der Waals surface area contributed by atoms with Crippen LogP contribution in [0.2, 0.25) is 0 Å². The standard InChI is InChI=1S/C15H14N6/c1-20(2)11-18-15-13(10-17)14(8-9-16)19-21(15)12-6-4-3-5-7-12/h3-7,11H,8H2,1-2H3/b18-11+. The molecule has 1 heterocycles. The van der Waals surface area contributed by atoms with Crippen molar-refractivity contribution >= 4 is 12.2 Å². The molecule has 0 spiro atoms. The smallest absolute Gasteiger partial charge is 0.175 e. The number of hydrogen-bond donors (Lipinski definition) is 0. The Morgan fingerprint density at radius 2 is 2.00 bits per heavy atom. The van der Waals surface area contributed by atoms with Crippen LogP contribution < -0.4 is 0 Å². The van der Waals surface area contributed by atoms with Crippen molar-refractivity contribution in [3.63, 3.8) is 0 Å². The number of nitrogens with zero attached hydrogens (tertiary/aromatic N) is 6. The molecule has 0 saturated heterocycles. The van der Waals surface area contributed by atoms with Gasteiger partial charge in [-0.2, -0.15) is 15.6 Å². The average Bonchev–Trinajstić information content (AvgIpc) is 2.84. The zero-order valence-corrected chi connectivity index (χ0v) is 11.9. The maximum absolute atomic E-state index is 9.35. The van der Waals surface area contributed by atoms with Gasteiger partial charge >= 0.3 is 0 Å². The minimum absolute atomic E-state index is 0.0766. The Morgan fingerprint density at radius 1 is 1.29 bits per heavy atom. The molecule has 0 radical (unpaired) electrons. The van der Waals surface area contributed by atoms with Gasteiger partial charge in [-0.05, 0) is 12.1 Å². The second-order valence-electron chi connectivity index (χ2n) is 4.55. The fourth-order valence-electron chi connectivity index (χ4n) is 1.80. The molecular weight excluding hydrogens is 264 g/mol. The summed E-state index contributed by atoms with van der Waals surface area (Å²) in [5.74, 6) is 0.433. The molecule has 0 unspecified atom stereocenters. The highest BCUT2D eigenvalue weighted by atomic mass is 15.3. The van der Waals surface area contributed by atoms with E-state index in [1.165, 1.54) is 0 Å². The molecule has 0 aliphatic carbocycles. The predicted molar refractivity (Wildman–Crippen MR) is 79.4 cm³/mol. The lowest BCUT2D eigenvalue weighted by Gasteiger charge is -2.05. The van der Waals surface area contributed by atoms with E-state index in [1.807, 2.05) is 50.5 Å². The van der Waals surface area contributed by atoms with Gasteiger partial charge in [0, 0.05) is 14.1 Å². The predicted octanol–water partition coefficient (Wildman–Crippen LogP) is 2.03. The summed E-state index contributed by atoms with van der Waals surface area (Å²) in [7, 11) is 3.68. The van der Waals surface area contributed by atoms with Gasteiger partial charge in [0.1, 0.15) is 11.6 Å². The zero-order valence-electron chi connectivity index (χ0n) is 11.9. The zero-order chi connectivity index (χ0) is 15.2. The van der Waals surface area contributed by atoms with Crippen molar-refractivity contribution in [3.05, 3.63) is 41.6 Å². The Balaban J connectivity index is 2.64. The van der Waals surface area contributed by atoms with Crippen molar-refractivity contribution in [1.82, 2.24) is 14.7 Å². The summed E-state index contributed by atoms with van der Waals surface area (Å²) in [5, 5.41) is 22.6. The molecule has 6 heteroatoms. The number of rotatable bonds is 4. The van der Waals surface area contributed by atoms with Crippen LogP contribution in [0.5, 0.6) is 0 Å². The third kappa shape index (κ3) is 3.07. The van der Waals surface area contributed by atoms with E-state index in [9.17, 15) is 5.26 Å². The van der Waals surface area contributed by atoms with Gasteiger partial charge in [-0.25, -0.2) is 9.67 Å². The lowest BCUT2D eigenvalue weighted by Crippen LogP contribution is -2.07. The highest BCUT2D eigenvalue weighted by molar-refractivity contribution is 5.65. The van der Waals surface area contributed by atoms with E-state index in [0.717, 1.165) is 5.69 Å². The first kappa shape index (κ1) is 14.3. The third-order valence-electron chi connectivity index (χ3n) is 2.70. The Labute approximate surface area is 123 Å². The molecule has 0 aliphatic heterocycles. The molecule has 0 N–H and O–H groups in total. The van der Waals surface area contributed by atoms with Gasteiger partial charge in [-0.1, -0.05) is 18.2 Å². The van der Waals surface area contributed by atoms with Crippen LogP contribution in [0, 0.1) is 22.7 Å². The van der Waals surface area contributed by atoms with Gasteiger partial charge in [0.15, 0.2) is 5.82 Å². The van der Waals surface area contributed by atoms with Crippen LogP contribution in [-0.2, 0) is 6.42 Å². The highest BCUT2D eigenvalue weighted by Crippen LogP contribution is 2.26. The fraction of sp³-hybridized carbons (Fsp3) is 0.200. The van der Waals surface area contributed by atoms with Gasteiger partial charge in [-0.15, -0.1) is 0 Å². The molecule has 1 aromatic heterocycles. The van der Waals surface area contributed by atoms with Gasteiger partial charge in [-0.3, -0.25) is 0 Å². The monoisotopic (exact) mass is 278 g/mol. The molecule has 2 rings (SSSR count). The van der Waals surface area contributed by atoms with E-state index in [1.54, 1.807) is 15.9 Å². The van der Waals surface area contributed by atoms with Crippen molar-refractivity contribution < 1.29 is 0 Å². The lowest BCUT2D eigenvalue weighted by molar-refractivity contribution is 0.642. The average molecular weight is 278 g/mol. The van der Waals surface area contributed by atoms with Gasteiger partial charge in [0.05, 0.1) is 30.2 Å². The van der Waals surface area contributed by atoms with E-state index in [0.29, 0.717) is 17.1 Å². The summed E-state index contributed by atoms with van der Waals surface area (Å²) < 4.78 is 1.59. The second kappa shape index (κ2) is 6.36. The van der Waals surface area contributed by atoms with Crippen molar-refractivity contribution in [1.29, 1.82) is 10.5 Å². The van der Waals surface area contributed by atoms with Crippen LogP contribution >= 0.6 is 0 Å². The van der Waals surface area contributed by atoms with Crippen molar-refractivity contribution in [2.24, 2.45) is 4.99 Å². The Hall–Kier alpha value is -3.12. The molecule has 0 aliphatic rings. The third-order valence-corrected chi connectivity index (χ3v) is 2.70. The van der Waals surface area contributed by atoms with E-state index >= 15 is 0 Å². The minimum atomic E-state index is 0.0766. The fourth-order valence-corrected chi connectivity index (χ4v) is 1.80. The normalized spacial score (nSPS) is 10.3. The van der Waals surface area contributed by atoms with E-state index in [4.69, 9.17) is 5.26 Å². The number of hydrogen-bond acceptors (Lipinski definition) is 4. The first-order valence-corrected chi connectivity index (χ1v) is 6.32. The molecule has 0 bridgehead atoms. The largest absolute Gasteiger partial charge is 0.369 e. The molecule has 0 amide bonds. The summed E-state index contributed by atoms with van der Waals surface area (Å²) >= 11 is 0. The topological polar surface area (TPSA) is 81.0 Å². The maximum atomic E-state index is 9.35. The second-order valence-corrected chi connectivity index (χ2v) is 4.55. The first-order chi connectivity index (χ1) is 10.2. The molecular formula is C15H14N6. The molecule has 0 atom stereocenters. The van der Waals surface area contributed by atoms with Crippen LogP contribution in [0.15, 0.2) is 35.3 Å². The van der Waals surface area contributed by atoms with Crippen LogP contribution in [0.1, 0.15) is 11.3 Å². The summed E-state index contributed by atoms with van der Waals surface area (Å²) in [5.41, 5.74) is 1.57. The molecule has 0 saturated carbocycles. The van der Waals surface area contributed by atoms with E-state index in [2.05, 4.69) is 16.2 Å². The van der Waals surface area contributed by atoms with Gasteiger partial charge < -0.3 is 4.90 Å². The number of nitriles is 2. The SMILES string of the molecule is CN(C)/C=N/c1c(C#N)c(CC#N)nn1-c1ccccc1. The van der Waals surface area contributed by atoms with Crippen LogP contribution in [0.3, 0.4) is 0 Å². The molecule has 21 heavy (non-hydrogen) atoms. The summed E-state index contributed by atoms with van der Waals surface area (Å²) in [6.45, 7) is 0. The number of aliphatic imine (C=N–C) groups is 1. The van der Waals surface area contributed by atoms with Crippen molar-refractivity contribution in [2.45, 2.75) is 6.42 Å². The Kier molecular flexibility index (Phi) is 4.33. The van der Waals surface area contributed by atoms with Gasteiger partial charge in [0.2, 0.25) is 0 Å². The molecule has 6 nitrogen and oxygen atoms in total. The summed E-state index contributed by atoms with van der Waals surface area (Å²) in [4.78, 5) is 6.10. The van der Waals surface area contributed by atoms with Crippen molar-refractivity contribution in [2.75, 3.05) is 14.1 Å². The van der Waals surface area contributed by atoms with E-state index < -0.39 is 0 Å². The van der Waals surface area contributed by atoms with Crippen LogP contribution in [0.4, 0.5) is 5.82 Å². The van der Waals surface area contributed by atoms with Crippen LogP contribution in [-0.4, -0.2) is 35.1 Å². The van der Waals surface area contributed by atoms with Gasteiger partial charge in [0.25, 0.3) is 0 Å². The number of benzene rings is 1. The Bertz CT molecular complexity index is 728. The highest BCUT2D eigenvalue weighted by Gasteiger charge is 2.18. The maximum Gasteiger partial charge on any atom is 0.175 e. The first-order valence-electron chi connectivity index (χ1n) is 6.32. The summed E-state index contributed by atoms with van der Waals surface area (Å²) in [6, 6.07) is 13.5. The lowest BCUT2D eigenvalue weighted by atomic mass is 10.2. The number of aromatic nitrogens is 2. The summed E-state index contributed by atoms with van der Waals surface area (Å²) in [6.07, 6.45) is 1.68. The molecule has 0 fully saturated rings. The van der Waals surface area contributed by atoms with Crippen molar-refractivity contribution in [3.8, 4) is 17.8 Å². The van der Waals surface area contributed by atoms with Crippen LogP contribution in [0.25, 0.3) is 5.69 Å². The molecule has 2 aromatic rings. The quantitative estimate of drug-likeness (QED) is 0.633. The molecule has 1 aromatic carbocycles. The number of para-hydroxylation sites is 1.